The molecule has 2 heterocycles. The van der Waals surface area contributed by atoms with E-state index < -0.39 is 0 Å². The van der Waals surface area contributed by atoms with Crippen molar-refractivity contribution >= 4 is 11.6 Å². The number of aryl methyl sites for hydroxylation is 3. The topological polar surface area (TPSA) is 60.6 Å². The summed E-state index contributed by atoms with van der Waals surface area (Å²) in [6, 6.07) is 0.101. The van der Waals surface area contributed by atoms with Crippen molar-refractivity contribution in [3.8, 4) is 0 Å². The van der Waals surface area contributed by atoms with E-state index >= 15 is 0 Å². The van der Waals surface area contributed by atoms with E-state index in [9.17, 15) is 0 Å². The Morgan fingerprint density at radius 3 is 2.67 bits per heavy atom. The van der Waals surface area contributed by atoms with Crippen molar-refractivity contribution in [2.75, 3.05) is 0 Å². The van der Waals surface area contributed by atoms with E-state index in [1.165, 1.54) is 0 Å². The Morgan fingerprint density at radius 1 is 1.44 bits per heavy atom. The summed E-state index contributed by atoms with van der Waals surface area (Å²) in [7, 11) is 3.82. The second kappa shape index (κ2) is 5.07. The molecule has 0 radical (unpaired) electrons. The maximum absolute atomic E-state index is 6.20. The van der Waals surface area contributed by atoms with Crippen LogP contribution in [-0.2, 0) is 20.6 Å². The normalized spacial score (nSPS) is 12.9. The van der Waals surface area contributed by atoms with Crippen LogP contribution in [0.5, 0.6) is 0 Å². The van der Waals surface area contributed by atoms with Crippen molar-refractivity contribution in [3.05, 3.63) is 28.6 Å². The number of rotatable bonds is 4. The number of aromatic nitrogens is 5. The van der Waals surface area contributed by atoms with Crippen LogP contribution < -0.4 is 5.32 Å². The van der Waals surface area contributed by atoms with Gasteiger partial charge in [-0.2, -0.15) is 5.10 Å². The highest BCUT2D eigenvalue weighted by Gasteiger charge is 2.14. The maximum Gasteiger partial charge on any atom is 0.149 e. The Balaban J connectivity index is 2.06. The summed E-state index contributed by atoms with van der Waals surface area (Å²) in [6.07, 6.45) is 1.69. The zero-order valence-electron chi connectivity index (χ0n) is 11.0. The predicted octanol–water partition coefficient (Wildman–Crippen LogP) is 1.36. The van der Waals surface area contributed by atoms with E-state index in [2.05, 4.69) is 20.6 Å². The molecule has 6 nitrogen and oxygen atoms in total. The minimum absolute atomic E-state index is 0.101. The minimum atomic E-state index is 0.101. The maximum atomic E-state index is 6.20. The Labute approximate surface area is 111 Å². The van der Waals surface area contributed by atoms with Gasteiger partial charge in [-0.1, -0.05) is 11.6 Å². The van der Waals surface area contributed by atoms with E-state index in [0.717, 1.165) is 22.2 Å². The molecule has 1 N–H and O–H groups in total. The monoisotopic (exact) mass is 268 g/mol. The lowest BCUT2D eigenvalue weighted by atomic mass is 10.3. The predicted molar refractivity (Wildman–Crippen MR) is 69.2 cm³/mol. The number of hydrogen-bond acceptors (Lipinski definition) is 4. The van der Waals surface area contributed by atoms with Crippen molar-refractivity contribution in [3.63, 3.8) is 0 Å². The molecule has 1 atom stereocenters. The van der Waals surface area contributed by atoms with E-state index in [4.69, 9.17) is 11.6 Å². The van der Waals surface area contributed by atoms with E-state index in [0.29, 0.717) is 6.54 Å². The molecule has 0 aliphatic carbocycles. The van der Waals surface area contributed by atoms with Gasteiger partial charge in [-0.05, 0) is 13.8 Å². The van der Waals surface area contributed by atoms with Crippen molar-refractivity contribution in [1.82, 2.24) is 29.9 Å². The second-order valence-electron chi connectivity index (χ2n) is 4.37. The molecule has 0 bridgehead atoms. The lowest BCUT2D eigenvalue weighted by Gasteiger charge is -2.13. The van der Waals surface area contributed by atoms with Gasteiger partial charge in [0, 0.05) is 20.6 Å². The average molecular weight is 269 g/mol. The van der Waals surface area contributed by atoms with Crippen LogP contribution in [-0.4, -0.2) is 24.5 Å². The third kappa shape index (κ3) is 2.39. The molecule has 2 rings (SSSR count). The summed E-state index contributed by atoms with van der Waals surface area (Å²) in [5.74, 6) is 0.894. The fraction of sp³-hybridized carbons (Fsp3) is 0.545. The van der Waals surface area contributed by atoms with Crippen LogP contribution in [0.25, 0.3) is 0 Å². The van der Waals surface area contributed by atoms with Gasteiger partial charge in [0.25, 0.3) is 0 Å². The molecule has 0 fully saturated rings. The van der Waals surface area contributed by atoms with Crippen LogP contribution in [0.2, 0.25) is 5.02 Å². The van der Waals surface area contributed by atoms with Gasteiger partial charge in [-0.3, -0.25) is 4.68 Å². The van der Waals surface area contributed by atoms with Crippen LogP contribution in [0.4, 0.5) is 0 Å². The summed E-state index contributed by atoms with van der Waals surface area (Å²) >= 11 is 6.20. The number of halogens is 1. The van der Waals surface area contributed by atoms with E-state index in [-0.39, 0.29) is 6.04 Å². The number of nitrogens with one attached hydrogen (secondary N) is 1. The zero-order chi connectivity index (χ0) is 13.3. The summed E-state index contributed by atoms with van der Waals surface area (Å²) in [6.45, 7) is 4.59. The molecule has 98 valence electrons. The molecule has 0 amide bonds. The lowest BCUT2D eigenvalue weighted by molar-refractivity contribution is 0.512. The first-order valence-corrected chi connectivity index (χ1v) is 6.13. The summed E-state index contributed by atoms with van der Waals surface area (Å²) in [5, 5.41) is 16.3. The molecule has 0 saturated carbocycles. The molecular formula is C11H17ClN6. The van der Waals surface area contributed by atoms with Gasteiger partial charge in [-0.25, -0.2) is 0 Å². The van der Waals surface area contributed by atoms with Gasteiger partial charge in [0.15, 0.2) is 0 Å². The summed E-state index contributed by atoms with van der Waals surface area (Å²) in [4.78, 5) is 0. The first-order valence-electron chi connectivity index (χ1n) is 5.76. The Morgan fingerprint density at radius 2 is 2.17 bits per heavy atom. The SMILES string of the molecule is Cc1nn(C)c(CNC(C)c2nncn2C)c1Cl. The summed E-state index contributed by atoms with van der Waals surface area (Å²) < 4.78 is 3.70. The van der Waals surface area contributed by atoms with Crippen LogP contribution >= 0.6 is 11.6 Å². The average Bonchev–Trinajstić information content (AvgIpc) is 2.83. The Kier molecular flexibility index (Phi) is 3.68. The lowest BCUT2D eigenvalue weighted by Crippen LogP contribution is -2.22. The molecule has 0 aliphatic rings. The quantitative estimate of drug-likeness (QED) is 0.910. The molecule has 0 spiro atoms. The highest BCUT2D eigenvalue weighted by atomic mass is 35.5. The highest BCUT2D eigenvalue weighted by molar-refractivity contribution is 6.31. The summed E-state index contributed by atoms with van der Waals surface area (Å²) in [5.41, 5.74) is 1.82. The molecule has 1 unspecified atom stereocenters. The van der Waals surface area contributed by atoms with Crippen molar-refractivity contribution < 1.29 is 0 Å². The molecule has 0 aliphatic heterocycles. The van der Waals surface area contributed by atoms with Crippen LogP contribution in [0.1, 0.15) is 30.2 Å². The highest BCUT2D eigenvalue weighted by Crippen LogP contribution is 2.20. The standard InChI is InChI=1S/C11H17ClN6/c1-7-10(12)9(18(4)16-7)5-13-8(2)11-15-14-6-17(11)3/h6,8,13H,5H2,1-4H3. The molecule has 0 aromatic carbocycles. The van der Waals surface area contributed by atoms with Crippen molar-refractivity contribution in [2.24, 2.45) is 14.1 Å². The third-order valence-corrected chi connectivity index (χ3v) is 3.46. The smallest absolute Gasteiger partial charge is 0.149 e. The number of nitrogens with zero attached hydrogens (tertiary/aromatic N) is 5. The van der Waals surface area contributed by atoms with Crippen molar-refractivity contribution in [2.45, 2.75) is 26.4 Å². The van der Waals surface area contributed by atoms with E-state index in [1.54, 1.807) is 11.0 Å². The van der Waals surface area contributed by atoms with Crippen LogP contribution in [0, 0.1) is 6.92 Å². The third-order valence-electron chi connectivity index (χ3n) is 2.97. The fourth-order valence-electron chi connectivity index (χ4n) is 1.90. The van der Waals surface area contributed by atoms with Gasteiger partial charge in [0.1, 0.15) is 12.2 Å². The number of hydrogen-bond donors (Lipinski definition) is 1. The Hall–Kier alpha value is -1.40. The van der Waals surface area contributed by atoms with Gasteiger partial charge < -0.3 is 9.88 Å². The molecule has 0 saturated heterocycles. The van der Waals surface area contributed by atoms with Crippen molar-refractivity contribution in [1.29, 1.82) is 0 Å². The first-order chi connectivity index (χ1) is 8.50. The molecule has 2 aromatic heterocycles. The zero-order valence-corrected chi connectivity index (χ0v) is 11.7. The van der Waals surface area contributed by atoms with E-state index in [1.807, 2.05) is 32.5 Å². The largest absolute Gasteiger partial charge is 0.319 e. The molecule has 2 aromatic rings. The van der Waals surface area contributed by atoms with Gasteiger partial charge in [-0.15, -0.1) is 10.2 Å². The van der Waals surface area contributed by atoms with Gasteiger partial charge >= 0.3 is 0 Å². The fourth-order valence-corrected chi connectivity index (χ4v) is 2.12. The van der Waals surface area contributed by atoms with Gasteiger partial charge in [0.2, 0.25) is 0 Å². The second-order valence-corrected chi connectivity index (χ2v) is 4.75. The van der Waals surface area contributed by atoms with Crippen LogP contribution in [0.3, 0.4) is 0 Å². The van der Waals surface area contributed by atoms with Gasteiger partial charge in [0.05, 0.1) is 22.5 Å². The molecule has 18 heavy (non-hydrogen) atoms. The Bertz CT molecular complexity index is 544. The molecular weight excluding hydrogens is 252 g/mol. The van der Waals surface area contributed by atoms with Crippen LogP contribution in [0.15, 0.2) is 6.33 Å². The molecule has 7 heteroatoms. The minimum Gasteiger partial charge on any atom is -0.319 e. The first kappa shape index (κ1) is 13.0.